The molecule has 0 atom stereocenters. The second-order valence-electron chi connectivity index (χ2n) is 8.70. The van der Waals surface area contributed by atoms with Crippen LogP contribution in [0.5, 0.6) is 0 Å². The van der Waals surface area contributed by atoms with Crippen molar-refractivity contribution in [1.29, 1.82) is 0 Å². The molecule has 10 nitrogen and oxygen atoms in total. The maximum Gasteiger partial charge on any atom is 0.261 e. The van der Waals surface area contributed by atoms with E-state index in [0.717, 1.165) is 11.1 Å². The van der Waals surface area contributed by atoms with E-state index in [9.17, 15) is 13.2 Å². The first kappa shape index (κ1) is 24.1. The lowest BCUT2D eigenvalue weighted by atomic mass is 10.00. The average molecular weight is 536 g/mol. The van der Waals surface area contributed by atoms with Crippen LogP contribution in [-0.2, 0) is 14.8 Å². The van der Waals surface area contributed by atoms with Crippen LogP contribution >= 0.6 is 0 Å². The fourth-order valence-electron chi connectivity index (χ4n) is 4.30. The van der Waals surface area contributed by atoms with E-state index in [4.69, 9.17) is 0 Å². The van der Waals surface area contributed by atoms with Gasteiger partial charge >= 0.3 is 0 Å². The van der Waals surface area contributed by atoms with Gasteiger partial charge in [-0.3, -0.25) is 9.52 Å². The van der Waals surface area contributed by atoms with Gasteiger partial charge in [-0.1, -0.05) is 48.5 Å². The number of carbonyl (C=O) groups excluding carboxylic acids is 1. The number of nitrogens with zero attached hydrogens (tertiary/aromatic N) is 3. The highest BCUT2D eigenvalue weighted by molar-refractivity contribution is 7.92. The Morgan fingerprint density at radius 3 is 2.21 bits per heavy atom. The summed E-state index contributed by atoms with van der Waals surface area (Å²) in [6.45, 7) is 0. The van der Waals surface area contributed by atoms with Crippen molar-refractivity contribution in [2.45, 2.75) is 4.90 Å². The molecule has 1 amide bonds. The van der Waals surface area contributed by atoms with Crippen molar-refractivity contribution in [3.63, 3.8) is 0 Å². The molecule has 6 rings (SSSR count). The van der Waals surface area contributed by atoms with Crippen molar-refractivity contribution in [3.8, 4) is 11.4 Å². The molecule has 0 unspecified atom stereocenters. The van der Waals surface area contributed by atoms with Crippen LogP contribution in [0, 0.1) is 0 Å². The number of anilines is 3. The van der Waals surface area contributed by atoms with E-state index in [1.807, 2.05) is 54.6 Å². The van der Waals surface area contributed by atoms with E-state index in [1.165, 1.54) is 12.1 Å². The highest BCUT2D eigenvalue weighted by Gasteiger charge is 2.30. The van der Waals surface area contributed by atoms with Crippen LogP contribution in [0.2, 0.25) is 0 Å². The van der Waals surface area contributed by atoms with Crippen LogP contribution in [0.3, 0.4) is 0 Å². The molecule has 0 saturated heterocycles. The molecular formula is C28H21N7O3S. The predicted molar refractivity (Wildman–Crippen MR) is 149 cm³/mol. The molecule has 5 aromatic rings. The van der Waals surface area contributed by atoms with Crippen LogP contribution in [0.25, 0.3) is 22.7 Å². The number of benzene rings is 4. The van der Waals surface area contributed by atoms with E-state index in [2.05, 4.69) is 36.0 Å². The van der Waals surface area contributed by atoms with Gasteiger partial charge in [-0.25, -0.2) is 13.5 Å². The van der Waals surface area contributed by atoms with Crippen molar-refractivity contribution in [2.24, 2.45) is 0 Å². The Bertz CT molecular complexity index is 1790. The molecule has 0 saturated carbocycles. The number of sulfonamides is 1. The number of para-hydroxylation sites is 1. The molecule has 1 aliphatic heterocycles. The van der Waals surface area contributed by atoms with Gasteiger partial charge in [-0.05, 0) is 70.6 Å². The molecule has 0 spiro atoms. The lowest BCUT2D eigenvalue weighted by Crippen LogP contribution is -2.13. The van der Waals surface area contributed by atoms with Gasteiger partial charge in [0.25, 0.3) is 15.9 Å². The van der Waals surface area contributed by atoms with Gasteiger partial charge in [0.15, 0.2) is 5.82 Å². The van der Waals surface area contributed by atoms with E-state index in [1.54, 1.807) is 36.4 Å². The summed E-state index contributed by atoms with van der Waals surface area (Å²) >= 11 is 0. The molecule has 192 valence electrons. The second kappa shape index (κ2) is 9.88. The summed E-state index contributed by atoms with van der Waals surface area (Å²) in [5, 5.41) is 20.1. The highest BCUT2D eigenvalue weighted by atomic mass is 32.2. The number of tetrazole rings is 1. The topological polar surface area (TPSA) is 142 Å². The zero-order valence-corrected chi connectivity index (χ0v) is 21.1. The minimum atomic E-state index is -3.90. The van der Waals surface area contributed by atoms with Gasteiger partial charge in [0.1, 0.15) is 0 Å². The Labute approximate surface area is 223 Å². The SMILES string of the molecule is O=C1Nc2ccc(S(=O)(=O)Nc3ccccc3)cc2C1=C(Nc1ccc(-c2nnn[nH]2)cc1)c1ccccc1. The normalized spacial score (nSPS) is 13.9. The van der Waals surface area contributed by atoms with Crippen molar-refractivity contribution < 1.29 is 13.2 Å². The quantitative estimate of drug-likeness (QED) is 0.223. The van der Waals surface area contributed by atoms with Gasteiger partial charge in [-0.2, -0.15) is 0 Å². The number of carbonyl (C=O) groups is 1. The van der Waals surface area contributed by atoms with Gasteiger partial charge in [0.05, 0.1) is 16.2 Å². The van der Waals surface area contributed by atoms with Gasteiger partial charge in [0.2, 0.25) is 0 Å². The summed E-state index contributed by atoms with van der Waals surface area (Å²) in [5.74, 6) is 0.191. The zero-order chi connectivity index (χ0) is 26.8. The largest absolute Gasteiger partial charge is 0.354 e. The molecule has 0 radical (unpaired) electrons. The van der Waals surface area contributed by atoms with E-state index in [0.29, 0.717) is 39.7 Å². The summed E-state index contributed by atoms with van der Waals surface area (Å²) in [5.41, 5.74) is 4.58. The summed E-state index contributed by atoms with van der Waals surface area (Å²) in [6.07, 6.45) is 0. The Morgan fingerprint density at radius 1 is 0.795 bits per heavy atom. The third-order valence-electron chi connectivity index (χ3n) is 6.16. The number of fused-ring (bicyclic) bond motifs is 1. The molecule has 1 aliphatic rings. The zero-order valence-electron chi connectivity index (χ0n) is 20.3. The van der Waals surface area contributed by atoms with Crippen LogP contribution in [0.1, 0.15) is 11.1 Å². The van der Waals surface area contributed by atoms with Crippen LogP contribution < -0.4 is 15.4 Å². The van der Waals surface area contributed by atoms with Crippen LogP contribution in [-0.4, -0.2) is 34.9 Å². The van der Waals surface area contributed by atoms with Crippen molar-refractivity contribution >= 4 is 44.3 Å². The number of nitrogens with one attached hydrogen (secondary N) is 4. The Morgan fingerprint density at radius 2 is 1.51 bits per heavy atom. The van der Waals surface area contributed by atoms with Gasteiger partial charge in [0, 0.05) is 28.2 Å². The van der Waals surface area contributed by atoms with E-state index in [-0.39, 0.29) is 10.8 Å². The summed E-state index contributed by atoms with van der Waals surface area (Å²) in [4.78, 5) is 13.3. The summed E-state index contributed by atoms with van der Waals surface area (Å²) < 4.78 is 29.0. The molecule has 0 bridgehead atoms. The monoisotopic (exact) mass is 535 g/mol. The predicted octanol–water partition coefficient (Wildman–Crippen LogP) is 4.60. The molecule has 0 fully saturated rings. The average Bonchev–Trinajstić information content (AvgIpc) is 3.60. The smallest absolute Gasteiger partial charge is 0.261 e. The molecule has 0 aliphatic carbocycles. The number of hydrogen-bond donors (Lipinski definition) is 4. The second-order valence-corrected chi connectivity index (χ2v) is 10.4. The van der Waals surface area contributed by atoms with Crippen LogP contribution in [0.4, 0.5) is 17.1 Å². The molecule has 1 aromatic heterocycles. The molecular weight excluding hydrogens is 514 g/mol. The molecule has 39 heavy (non-hydrogen) atoms. The van der Waals surface area contributed by atoms with E-state index < -0.39 is 10.0 Å². The number of rotatable bonds is 7. The summed E-state index contributed by atoms with van der Waals surface area (Å²) in [7, 11) is -3.90. The van der Waals surface area contributed by atoms with Gasteiger partial charge < -0.3 is 10.6 Å². The van der Waals surface area contributed by atoms with E-state index >= 15 is 0 Å². The minimum absolute atomic E-state index is 0.0385. The Balaban J connectivity index is 1.42. The number of amides is 1. The van der Waals surface area contributed by atoms with Crippen molar-refractivity contribution in [2.75, 3.05) is 15.4 Å². The van der Waals surface area contributed by atoms with Crippen molar-refractivity contribution in [3.05, 3.63) is 114 Å². The standard InChI is InChI=1S/C28H21N7O3S/c36-28-25(23-17-22(15-16-24(23)30-28)39(37,38)33-21-9-5-2-6-10-21)26(18-7-3-1-4-8-18)29-20-13-11-19(12-14-20)27-31-34-35-32-27/h1-17,29,33H,(H,30,36)(H,31,32,34,35). The fourth-order valence-corrected chi connectivity index (χ4v) is 5.39. The number of hydrogen-bond acceptors (Lipinski definition) is 7. The lowest BCUT2D eigenvalue weighted by Gasteiger charge is -2.15. The molecule has 2 heterocycles. The van der Waals surface area contributed by atoms with Gasteiger partial charge in [-0.15, -0.1) is 5.10 Å². The fraction of sp³-hybridized carbons (Fsp3) is 0. The maximum atomic E-state index is 13.3. The Kier molecular flexibility index (Phi) is 6.10. The first-order chi connectivity index (χ1) is 19.0. The Hall–Kier alpha value is -5.29. The van der Waals surface area contributed by atoms with Crippen LogP contribution in [0.15, 0.2) is 108 Å². The molecule has 4 aromatic carbocycles. The number of aromatic nitrogens is 4. The third-order valence-corrected chi connectivity index (χ3v) is 7.54. The highest BCUT2D eigenvalue weighted by Crippen LogP contribution is 2.39. The lowest BCUT2D eigenvalue weighted by molar-refractivity contribution is -0.110. The number of aromatic amines is 1. The molecule has 4 N–H and O–H groups in total. The first-order valence-corrected chi connectivity index (χ1v) is 13.4. The maximum absolute atomic E-state index is 13.3. The first-order valence-electron chi connectivity index (χ1n) is 11.9. The molecule has 11 heteroatoms. The minimum Gasteiger partial charge on any atom is -0.354 e. The van der Waals surface area contributed by atoms with Crippen molar-refractivity contribution in [1.82, 2.24) is 20.6 Å². The number of H-pyrrole nitrogens is 1. The summed E-state index contributed by atoms with van der Waals surface area (Å²) in [6, 6.07) is 30.0. The third kappa shape index (κ3) is 4.86.